The predicted molar refractivity (Wildman–Crippen MR) is 74.5 cm³/mol. The van der Waals surface area contributed by atoms with Gasteiger partial charge in [0.1, 0.15) is 5.60 Å². The smallest absolute Gasteiger partial charge is 0.341 e. The quantitative estimate of drug-likeness (QED) is 0.749. The van der Waals surface area contributed by atoms with E-state index in [4.69, 9.17) is 9.47 Å². The Morgan fingerprint density at radius 2 is 2.15 bits per heavy atom. The highest BCUT2D eigenvalue weighted by Crippen LogP contribution is 2.42. The lowest BCUT2D eigenvalue weighted by molar-refractivity contribution is -0.0848. The molecular formula is C15H22N2O3. The lowest BCUT2D eigenvalue weighted by Crippen LogP contribution is -2.38. The fourth-order valence-corrected chi connectivity index (χ4v) is 2.46. The first-order valence-corrected chi connectivity index (χ1v) is 7.25. The van der Waals surface area contributed by atoms with Crippen molar-refractivity contribution >= 4 is 5.97 Å². The van der Waals surface area contributed by atoms with Gasteiger partial charge in [-0.1, -0.05) is 13.3 Å². The number of aromatic nitrogens is 2. The van der Waals surface area contributed by atoms with Gasteiger partial charge in [-0.3, -0.25) is 0 Å². The molecule has 1 aliphatic rings. The van der Waals surface area contributed by atoms with Crippen LogP contribution in [0.4, 0.5) is 0 Å². The number of nitrogens with zero attached hydrogens (tertiary/aromatic N) is 2. The third kappa shape index (κ3) is 2.68. The van der Waals surface area contributed by atoms with Crippen molar-refractivity contribution in [1.29, 1.82) is 0 Å². The Morgan fingerprint density at radius 3 is 2.65 bits per heavy atom. The van der Waals surface area contributed by atoms with Crippen molar-refractivity contribution in [3.63, 3.8) is 0 Å². The van der Waals surface area contributed by atoms with Crippen molar-refractivity contribution in [3.05, 3.63) is 23.3 Å². The van der Waals surface area contributed by atoms with Crippen molar-refractivity contribution in [3.8, 4) is 0 Å². The van der Waals surface area contributed by atoms with E-state index in [1.807, 2.05) is 0 Å². The number of aryl methyl sites for hydroxylation is 1. The largest absolute Gasteiger partial charge is 0.462 e. The lowest BCUT2D eigenvalue weighted by Gasteiger charge is -2.38. The van der Waals surface area contributed by atoms with E-state index in [-0.39, 0.29) is 11.6 Å². The van der Waals surface area contributed by atoms with E-state index >= 15 is 0 Å². The minimum atomic E-state index is -0.352. The second kappa shape index (κ2) is 6.31. The number of hydrogen-bond donors (Lipinski definition) is 0. The van der Waals surface area contributed by atoms with E-state index in [1.165, 1.54) is 0 Å². The molecule has 20 heavy (non-hydrogen) atoms. The molecule has 1 fully saturated rings. The second-order valence-electron chi connectivity index (χ2n) is 5.08. The molecule has 0 saturated heterocycles. The van der Waals surface area contributed by atoms with Gasteiger partial charge in [-0.25, -0.2) is 14.8 Å². The summed E-state index contributed by atoms with van der Waals surface area (Å²) in [4.78, 5) is 20.9. The highest BCUT2D eigenvalue weighted by molar-refractivity contribution is 5.90. The van der Waals surface area contributed by atoms with Crippen LogP contribution in [-0.2, 0) is 21.5 Å². The maximum absolute atomic E-state index is 11.9. The summed E-state index contributed by atoms with van der Waals surface area (Å²) in [6.07, 6.45) is 6.25. The van der Waals surface area contributed by atoms with Crippen LogP contribution >= 0.6 is 0 Å². The van der Waals surface area contributed by atoms with Gasteiger partial charge in [0.05, 0.1) is 17.9 Å². The summed E-state index contributed by atoms with van der Waals surface area (Å²) in [5, 5.41) is 0. The molecule has 0 bridgehead atoms. The Balaban J connectivity index is 2.34. The maximum Gasteiger partial charge on any atom is 0.341 e. The second-order valence-corrected chi connectivity index (χ2v) is 5.08. The molecule has 1 heterocycles. The van der Waals surface area contributed by atoms with E-state index < -0.39 is 0 Å². The summed E-state index contributed by atoms with van der Waals surface area (Å²) < 4.78 is 10.7. The van der Waals surface area contributed by atoms with Crippen LogP contribution in [0.3, 0.4) is 0 Å². The minimum absolute atomic E-state index is 0.345. The van der Waals surface area contributed by atoms with Gasteiger partial charge < -0.3 is 9.47 Å². The summed E-state index contributed by atoms with van der Waals surface area (Å²) in [5.41, 5.74) is 0.887. The summed E-state index contributed by atoms with van der Waals surface area (Å²) in [7, 11) is 1.70. The highest BCUT2D eigenvalue weighted by Gasteiger charge is 2.42. The van der Waals surface area contributed by atoms with Crippen LogP contribution in [0.2, 0.25) is 0 Å². The average Bonchev–Trinajstić information content (AvgIpc) is 2.39. The number of carbonyl (C=O) groups is 1. The van der Waals surface area contributed by atoms with Crippen LogP contribution in [-0.4, -0.2) is 29.7 Å². The van der Waals surface area contributed by atoms with Crippen molar-refractivity contribution in [2.45, 2.75) is 51.6 Å². The molecule has 0 unspecified atom stereocenters. The van der Waals surface area contributed by atoms with Crippen molar-refractivity contribution < 1.29 is 14.3 Å². The molecule has 0 spiro atoms. The molecule has 2 rings (SSSR count). The number of carbonyl (C=O) groups excluding carboxylic acids is 1. The average molecular weight is 278 g/mol. The molecule has 1 aromatic heterocycles. The SMILES string of the molecule is CCCc1nc(C2(OC)CCC2)ncc1C(=O)OCC. The van der Waals surface area contributed by atoms with Gasteiger partial charge in [-0.05, 0) is 32.6 Å². The number of rotatable bonds is 6. The molecular weight excluding hydrogens is 256 g/mol. The Labute approximate surface area is 119 Å². The summed E-state index contributed by atoms with van der Waals surface area (Å²) >= 11 is 0. The van der Waals surface area contributed by atoms with E-state index in [9.17, 15) is 4.79 Å². The molecule has 0 aliphatic heterocycles. The molecule has 110 valence electrons. The molecule has 0 atom stereocenters. The normalized spacial score (nSPS) is 16.6. The molecule has 0 aromatic carbocycles. The third-order valence-electron chi connectivity index (χ3n) is 3.81. The zero-order valence-corrected chi connectivity index (χ0v) is 12.4. The molecule has 5 nitrogen and oxygen atoms in total. The van der Waals surface area contributed by atoms with E-state index in [1.54, 1.807) is 20.2 Å². The molecule has 1 aromatic rings. The number of hydrogen-bond acceptors (Lipinski definition) is 5. The molecule has 0 radical (unpaired) electrons. The van der Waals surface area contributed by atoms with Gasteiger partial charge in [0, 0.05) is 13.3 Å². The number of ether oxygens (including phenoxy) is 2. The van der Waals surface area contributed by atoms with Crippen molar-refractivity contribution in [1.82, 2.24) is 9.97 Å². The predicted octanol–water partition coefficient (Wildman–Crippen LogP) is 2.63. The van der Waals surface area contributed by atoms with Gasteiger partial charge in [0.2, 0.25) is 0 Å². The van der Waals surface area contributed by atoms with Crippen LogP contribution < -0.4 is 0 Å². The monoisotopic (exact) mass is 278 g/mol. The minimum Gasteiger partial charge on any atom is -0.462 e. The van der Waals surface area contributed by atoms with E-state index in [0.717, 1.165) is 37.8 Å². The molecule has 5 heteroatoms. The first kappa shape index (κ1) is 14.9. The summed E-state index contributed by atoms with van der Waals surface area (Å²) in [6.45, 7) is 4.21. The van der Waals surface area contributed by atoms with Crippen molar-refractivity contribution in [2.24, 2.45) is 0 Å². The van der Waals surface area contributed by atoms with Gasteiger partial charge in [-0.2, -0.15) is 0 Å². The summed E-state index contributed by atoms with van der Waals surface area (Å²) in [6, 6.07) is 0. The zero-order valence-electron chi connectivity index (χ0n) is 12.4. The van der Waals surface area contributed by atoms with E-state index in [0.29, 0.717) is 18.0 Å². The topological polar surface area (TPSA) is 61.3 Å². The molecule has 0 amide bonds. The Bertz CT molecular complexity index is 478. The lowest BCUT2D eigenvalue weighted by atomic mass is 9.79. The zero-order chi connectivity index (χ0) is 14.6. The fourth-order valence-electron chi connectivity index (χ4n) is 2.46. The third-order valence-corrected chi connectivity index (χ3v) is 3.81. The standard InChI is InChI=1S/C15H22N2O3/c1-4-7-12-11(13(18)20-5-2)10-16-14(17-12)15(19-3)8-6-9-15/h10H,4-9H2,1-3H3. The Kier molecular flexibility index (Phi) is 4.70. The maximum atomic E-state index is 11.9. The van der Waals surface area contributed by atoms with Crippen LogP contribution in [0.15, 0.2) is 6.20 Å². The van der Waals surface area contributed by atoms with Crippen LogP contribution in [0.25, 0.3) is 0 Å². The number of esters is 1. The van der Waals surface area contributed by atoms with Crippen LogP contribution in [0.5, 0.6) is 0 Å². The molecule has 1 aliphatic carbocycles. The fraction of sp³-hybridized carbons (Fsp3) is 0.667. The molecule has 1 saturated carbocycles. The van der Waals surface area contributed by atoms with Crippen LogP contribution in [0.1, 0.15) is 61.4 Å². The molecule has 0 N–H and O–H groups in total. The van der Waals surface area contributed by atoms with Crippen molar-refractivity contribution in [2.75, 3.05) is 13.7 Å². The van der Waals surface area contributed by atoms with Gasteiger partial charge in [0.25, 0.3) is 0 Å². The van der Waals surface area contributed by atoms with Gasteiger partial charge >= 0.3 is 5.97 Å². The highest BCUT2D eigenvalue weighted by atomic mass is 16.5. The first-order chi connectivity index (χ1) is 9.66. The van der Waals surface area contributed by atoms with E-state index in [2.05, 4.69) is 16.9 Å². The Morgan fingerprint density at radius 1 is 1.40 bits per heavy atom. The van der Waals surface area contributed by atoms with Gasteiger partial charge in [0.15, 0.2) is 5.82 Å². The van der Waals surface area contributed by atoms with Crippen LogP contribution in [0, 0.1) is 0 Å². The summed E-state index contributed by atoms with van der Waals surface area (Å²) in [5.74, 6) is 0.352. The Hall–Kier alpha value is -1.49. The van der Waals surface area contributed by atoms with Gasteiger partial charge in [-0.15, -0.1) is 0 Å². The first-order valence-electron chi connectivity index (χ1n) is 7.25. The number of methoxy groups -OCH3 is 1.